The van der Waals surface area contributed by atoms with E-state index in [1.807, 2.05) is 0 Å². The van der Waals surface area contributed by atoms with Gasteiger partial charge < -0.3 is 10.0 Å². The second-order valence-electron chi connectivity index (χ2n) is 2.64. The van der Waals surface area contributed by atoms with Crippen molar-refractivity contribution < 1.29 is 14.7 Å². The molecule has 4 nitrogen and oxygen atoms in total. The number of carbonyl (C=O) groups excluding carboxylic acids is 1. The van der Waals surface area contributed by atoms with Crippen molar-refractivity contribution in [3.63, 3.8) is 0 Å². The van der Waals surface area contributed by atoms with Crippen LogP contribution in [0.3, 0.4) is 0 Å². The van der Waals surface area contributed by atoms with Gasteiger partial charge in [0.15, 0.2) is 0 Å². The maximum Gasteiger partial charge on any atom is 0.323 e. The van der Waals surface area contributed by atoms with Gasteiger partial charge in [-0.05, 0) is 13.8 Å². The van der Waals surface area contributed by atoms with Crippen LogP contribution in [0.25, 0.3) is 0 Å². The highest BCUT2D eigenvalue weighted by Crippen LogP contribution is 1.99. The molecule has 12 heavy (non-hydrogen) atoms. The lowest BCUT2D eigenvalue weighted by Crippen LogP contribution is -2.41. The number of rotatable bonds is 4. The van der Waals surface area contributed by atoms with Gasteiger partial charge in [0.25, 0.3) is 0 Å². The van der Waals surface area contributed by atoms with Gasteiger partial charge in [-0.3, -0.25) is 9.59 Å². The Morgan fingerprint density at radius 3 is 2.25 bits per heavy atom. The summed E-state index contributed by atoms with van der Waals surface area (Å²) in [6.45, 7) is 3.20. The monoisotopic (exact) mass is 193 g/mol. The van der Waals surface area contributed by atoms with Gasteiger partial charge in [0.05, 0.1) is 0 Å². The van der Waals surface area contributed by atoms with Crippen LogP contribution in [0.2, 0.25) is 0 Å². The fraction of sp³-hybridized carbons (Fsp3) is 0.714. The molecule has 0 aromatic heterocycles. The van der Waals surface area contributed by atoms with Gasteiger partial charge in [-0.1, -0.05) is 0 Å². The molecule has 0 heterocycles. The van der Waals surface area contributed by atoms with Crippen LogP contribution in [0.4, 0.5) is 0 Å². The molecule has 0 aliphatic rings. The van der Waals surface area contributed by atoms with E-state index in [0.29, 0.717) is 0 Å². The fourth-order valence-corrected chi connectivity index (χ4v) is 0.935. The number of alkyl halides is 1. The molecule has 5 heteroatoms. The molecular weight excluding hydrogens is 182 g/mol. The van der Waals surface area contributed by atoms with Crippen molar-refractivity contribution in [1.82, 2.24) is 4.90 Å². The molecule has 0 aliphatic carbocycles. The lowest BCUT2D eigenvalue weighted by atomic mass is 10.3. The Bertz CT molecular complexity index is 181. The molecule has 0 aliphatic heterocycles. The number of amides is 1. The standard InChI is InChI=1S/C7H12ClNO3/c1-5(2)9(4-7(11)12)6(10)3-8/h5H,3-4H2,1-2H3,(H,11,12). The first-order valence-electron chi connectivity index (χ1n) is 3.56. The summed E-state index contributed by atoms with van der Waals surface area (Å²) >= 11 is 5.29. The van der Waals surface area contributed by atoms with Gasteiger partial charge in [-0.2, -0.15) is 0 Å². The molecule has 0 unspecified atom stereocenters. The number of carboxylic acids is 1. The van der Waals surface area contributed by atoms with E-state index in [1.54, 1.807) is 13.8 Å². The molecule has 0 radical (unpaired) electrons. The van der Waals surface area contributed by atoms with Gasteiger partial charge in [-0.25, -0.2) is 0 Å². The van der Waals surface area contributed by atoms with E-state index in [2.05, 4.69) is 0 Å². The number of hydrogen-bond acceptors (Lipinski definition) is 2. The van der Waals surface area contributed by atoms with Gasteiger partial charge >= 0.3 is 5.97 Å². The summed E-state index contributed by atoms with van der Waals surface area (Å²) in [6, 6.07) is -0.132. The predicted molar refractivity (Wildman–Crippen MR) is 45.2 cm³/mol. The topological polar surface area (TPSA) is 57.6 Å². The molecule has 70 valence electrons. The molecule has 0 atom stereocenters. The third-order valence-corrected chi connectivity index (χ3v) is 1.59. The van der Waals surface area contributed by atoms with Crippen LogP contribution < -0.4 is 0 Å². The average molecular weight is 194 g/mol. The Labute approximate surface area is 76.1 Å². The van der Waals surface area contributed by atoms with Crippen molar-refractivity contribution in [3.05, 3.63) is 0 Å². The first-order valence-corrected chi connectivity index (χ1v) is 4.09. The van der Waals surface area contributed by atoms with Crippen LogP contribution in [0.15, 0.2) is 0 Å². The molecule has 1 N–H and O–H groups in total. The number of aliphatic carboxylic acids is 1. The molecular formula is C7H12ClNO3. The molecule has 1 amide bonds. The Morgan fingerprint density at radius 1 is 1.50 bits per heavy atom. The van der Waals surface area contributed by atoms with Gasteiger partial charge in [0.2, 0.25) is 5.91 Å². The number of halogens is 1. The molecule has 0 saturated heterocycles. The van der Waals surface area contributed by atoms with E-state index < -0.39 is 5.97 Å². The van der Waals surface area contributed by atoms with Crippen molar-refractivity contribution in [2.24, 2.45) is 0 Å². The lowest BCUT2D eigenvalue weighted by Gasteiger charge is -2.23. The molecule has 0 bridgehead atoms. The molecule has 0 fully saturated rings. The summed E-state index contributed by atoms with van der Waals surface area (Å²) in [6.07, 6.45) is 0. The van der Waals surface area contributed by atoms with E-state index in [1.165, 1.54) is 4.90 Å². The Hall–Kier alpha value is -0.770. The second-order valence-corrected chi connectivity index (χ2v) is 2.91. The molecule has 0 aromatic rings. The van der Waals surface area contributed by atoms with Crippen molar-refractivity contribution in [3.8, 4) is 0 Å². The fourth-order valence-electron chi connectivity index (χ4n) is 0.781. The molecule has 0 rings (SSSR count). The van der Waals surface area contributed by atoms with E-state index in [4.69, 9.17) is 16.7 Å². The number of carboxylic acid groups (broad SMARTS) is 1. The highest BCUT2D eigenvalue weighted by molar-refractivity contribution is 6.27. The minimum Gasteiger partial charge on any atom is -0.480 e. The molecule has 0 aromatic carbocycles. The molecule has 0 saturated carbocycles. The van der Waals surface area contributed by atoms with E-state index >= 15 is 0 Å². The third-order valence-electron chi connectivity index (χ3n) is 1.36. The SMILES string of the molecule is CC(C)N(CC(=O)O)C(=O)CCl. The Balaban J connectivity index is 4.23. The second kappa shape index (κ2) is 4.98. The predicted octanol–water partition coefficient (Wildman–Crippen LogP) is 0.547. The summed E-state index contributed by atoms with van der Waals surface area (Å²) in [4.78, 5) is 22.5. The summed E-state index contributed by atoms with van der Waals surface area (Å²) in [5.41, 5.74) is 0. The summed E-state index contributed by atoms with van der Waals surface area (Å²) in [7, 11) is 0. The summed E-state index contributed by atoms with van der Waals surface area (Å²) < 4.78 is 0. The highest BCUT2D eigenvalue weighted by atomic mass is 35.5. The van der Waals surface area contributed by atoms with Crippen LogP contribution in [0.1, 0.15) is 13.8 Å². The lowest BCUT2D eigenvalue weighted by molar-refractivity contribution is -0.144. The van der Waals surface area contributed by atoms with Crippen LogP contribution in [0.5, 0.6) is 0 Å². The summed E-state index contributed by atoms with van der Waals surface area (Å²) in [5.74, 6) is -1.55. The first kappa shape index (κ1) is 11.2. The molecule has 0 spiro atoms. The maximum absolute atomic E-state index is 11.0. The van der Waals surface area contributed by atoms with Crippen LogP contribution in [0, 0.1) is 0 Å². The largest absolute Gasteiger partial charge is 0.480 e. The first-order chi connectivity index (χ1) is 5.49. The van der Waals surface area contributed by atoms with E-state index in [0.717, 1.165) is 0 Å². The zero-order valence-corrected chi connectivity index (χ0v) is 7.84. The van der Waals surface area contributed by atoms with Crippen molar-refractivity contribution in [2.75, 3.05) is 12.4 Å². The van der Waals surface area contributed by atoms with Crippen molar-refractivity contribution >= 4 is 23.5 Å². The smallest absolute Gasteiger partial charge is 0.323 e. The number of hydrogen-bond donors (Lipinski definition) is 1. The normalized spacial score (nSPS) is 10.0. The minimum absolute atomic E-state index is 0.132. The zero-order chi connectivity index (χ0) is 9.72. The minimum atomic E-state index is -1.03. The Morgan fingerprint density at radius 2 is 2.00 bits per heavy atom. The number of carbonyl (C=O) groups is 2. The maximum atomic E-state index is 11.0. The van der Waals surface area contributed by atoms with Crippen molar-refractivity contribution in [1.29, 1.82) is 0 Å². The zero-order valence-electron chi connectivity index (χ0n) is 7.08. The average Bonchev–Trinajstić information content (AvgIpc) is 1.98. The van der Waals surface area contributed by atoms with Gasteiger partial charge in [0, 0.05) is 6.04 Å². The third kappa shape index (κ3) is 3.57. The summed E-state index contributed by atoms with van der Waals surface area (Å²) in [5, 5.41) is 8.44. The van der Waals surface area contributed by atoms with Crippen LogP contribution in [-0.2, 0) is 9.59 Å². The van der Waals surface area contributed by atoms with E-state index in [9.17, 15) is 9.59 Å². The van der Waals surface area contributed by atoms with E-state index in [-0.39, 0.29) is 24.4 Å². The highest BCUT2D eigenvalue weighted by Gasteiger charge is 2.18. The Kier molecular flexibility index (Phi) is 4.66. The van der Waals surface area contributed by atoms with Crippen molar-refractivity contribution in [2.45, 2.75) is 19.9 Å². The van der Waals surface area contributed by atoms with Gasteiger partial charge in [0.1, 0.15) is 12.4 Å². The van der Waals surface area contributed by atoms with Crippen LogP contribution >= 0.6 is 11.6 Å². The quantitative estimate of drug-likeness (QED) is 0.664. The van der Waals surface area contributed by atoms with Crippen LogP contribution in [-0.4, -0.2) is 40.3 Å². The van der Waals surface area contributed by atoms with Gasteiger partial charge in [-0.15, -0.1) is 11.6 Å². The number of nitrogens with zero attached hydrogens (tertiary/aromatic N) is 1.